The van der Waals surface area contributed by atoms with Crippen LogP contribution in [0.2, 0.25) is 0 Å². The molecule has 186 valence electrons. The lowest BCUT2D eigenvalue weighted by Gasteiger charge is -2.22. The second-order valence-corrected chi connectivity index (χ2v) is 8.54. The number of rotatable bonds is 9. The number of benzene rings is 3. The number of aliphatic carboxylic acids is 1. The second kappa shape index (κ2) is 10.5. The van der Waals surface area contributed by atoms with Gasteiger partial charge in [-0.25, -0.2) is 4.79 Å². The zero-order valence-electron chi connectivity index (χ0n) is 20.3. The van der Waals surface area contributed by atoms with Crippen molar-refractivity contribution in [1.29, 1.82) is 0 Å². The maximum Gasteiger partial charge on any atom is 0.326 e. The second-order valence-electron chi connectivity index (χ2n) is 8.54. The van der Waals surface area contributed by atoms with Crippen LogP contribution < -0.4 is 20.3 Å². The van der Waals surface area contributed by atoms with Gasteiger partial charge in [0.15, 0.2) is 5.60 Å². The minimum absolute atomic E-state index is 0.100. The summed E-state index contributed by atoms with van der Waals surface area (Å²) in [6.07, 6.45) is 1.75. The lowest BCUT2D eigenvalue weighted by Crippen LogP contribution is -2.51. The van der Waals surface area contributed by atoms with Gasteiger partial charge in [-0.3, -0.25) is 15.1 Å². The molecule has 0 spiro atoms. The average Bonchev–Trinajstić information content (AvgIpc) is 3.32. The van der Waals surface area contributed by atoms with Crippen LogP contribution in [0.15, 0.2) is 78.9 Å². The SMILES string of the molecule is COc1cccc(OC)c1-c1ccc(CC(NC(=O)[C@]2(C)C=C(c3ccccc3)NO2)C(=O)O)cc1. The van der Waals surface area contributed by atoms with Gasteiger partial charge in [0.05, 0.1) is 25.5 Å². The normalized spacial score (nSPS) is 17.5. The number of hydroxylamine groups is 1. The molecule has 2 atom stereocenters. The van der Waals surface area contributed by atoms with Crippen molar-refractivity contribution in [3.8, 4) is 22.6 Å². The fraction of sp³-hybridized carbons (Fsp3) is 0.214. The van der Waals surface area contributed by atoms with E-state index in [-0.39, 0.29) is 6.42 Å². The van der Waals surface area contributed by atoms with Crippen LogP contribution in [0.3, 0.4) is 0 Å². The molecule has 1 unspecified atom stereocenters. The van der Waals surface area contributed by atoms with Gasteiger partial charge >= 0.3 is 5.97 Å². The monoisotopic (exact) mass is 488 g/mol. The molecule has 36 heavy (non-hydrogen) atoms. The van der Waals surface area contributed by atoms with Crippen molar-refractivity contribution >= 4 is 17.6 Å². The number of amides is 1. The van der Waals surface area contributed by atoms with E-state index in [1.807, 2.05) is 72.8 Å². The van der Waals surface area contributed by atoms with Crippen molar-refractivity contribution in [3.63, 3.8) is 0 Å². The smallest absolute Gasteiger partial charge is 0.326 e. The Balaban J connectivity index is 1.49. The maximum absolute atomic E-state index is 13.0. The number of methoxy groups -OCH3 is 2. The van der Waals surface area contributed by atoms with Gasteiger partial charge < -0.3 is 19.9 Å². The molecule has 1 aliphatic heterocycles. The van der Waals surface area contributed by atoms with Crippen LogP contribution >= 0.6 is 0 Å². The molecular formula is C28H28N2O6. The summed E-state index contributed by atoms with van der Waals surface area (Å²) in [7, 11) is 3.18. The fourth-order valence-electron chi connectivity index (χ4n) is 4.05. The van der Waals surface area contributed by atoms with E-state index in [0.717, 1.165) is 22.3 Å². The van der Waals surface area contributed by atoms with Crippen molar-refractivity contribution in [1.82, 2.24) is 10.8 Å². The van der Waals surface area contributed by atoms with E-state index in [0.29, 0.717) is 17.2 Å². The molecule has 3 aromatic carbocycles. The predicted octanol–water partition coefficient (Wildman–Crippen LogP) is 3.82. The highest BCUT2D eigenvalue weighted by molar-refractivity contribution is 5.93. The Bertz CT molecular complexity index is 1250. The molecule has 0 fully saturated rings. The highest BCUT2D eigenvalue weighted by atomic mass is 16.7. The standard InChI is InChI=1S/C28H28N2O6/c1-28(17-22(30-36-28)19-8-5-4-6-9-19)27(33)29-21(26(31)32)16-18-12-14-20(15-13-18)25-23(34-2)10-7-11-24(25)35-3/h4-15,17,21,30H,16H2,1-3H3,(H,29,33)(H,31,32)/t21?,28-/m0/s1. The molecule has 0 aromatic heterocycles. The van der Waals surface area contributed by atoms with Gasteiger partial charge in [0.1, 0.15) is 17.5 Å². The van der Waals surface area contributed by atoms with Crippen LogP contribution in [0.4, 0.5) is 0 Å². The van der Waals surface area contributed by atoms with Gasteiger partial charge in [-0.05, 0) is 41.8 Å². The molecule has 8 heteroatoms. The summed E-state index contributed by atoms with van der Waals surface area (Å²) in [6.45, 7) is 1.58. The summed E-state index contributed by atoms with van der Waals surface area (Å²) in [5.41, 5.74) is 5.32. The number of nitrogens with one attached hydrogen (secondary N) is 2. The Morgan fingerprint density at radius 1 is 0.944 bits per heavy atom. The third-order valence-corrected chi connectivity index (χ3v) is 6.04. The van der Waals surface area contributed by atoms with E-state index in [9.17, 15) is 14.7 Å². The lowest BCUT2D eigenvalue weighted by atomic mass is 9.98. The Labute approximate surface area is 209 Å². The third-order valence-electron chi connectivity index (χ3n) is 6.04. The molecule has 3 aromatic rings. The van der Waals surface area contributed by atoms with Gasteiger partial charge in [-0.15, -0.1) is 0 Å². The molecule has 1 aliphatic rings. The first-order valence-electron chi connectivity index (χ1n) is 11.4. The van der Waals surface area contributed by atoms with Gasteiger partial charge in [0.25, 0.3) is 5.91 Å². The topological polar surface area (TPSA) is 106 Å². The number of carboxylic acids is 1. The minimum Gasteiger partial charge on any atom is -0.496 e. The zero-order chi connectivity index (χ0) is 25.7. The molecule has 0 radical (unpaired) electrons. The van der Waals surface area contributed by atoms with Crippen molar-refractivity contribution in [2.45, 2.75) is 25.0 Å². The molecule has 0 saturated heterocycles. The summed E-state index contributed by atoms with van der Waals surface area (Å²) in [6, 6.07) is 21.2. The van der Waals surface area contributed by atoms with Crippen LogP contribution in [0.5, 0.6) is 11.5 Å². The third kappa shape index (κ3) is 5.18. The van der Waals surface area contributed by atoms with E-state index in [4.69, 9.17) is 14.3 Å². The Kier molecular flexibility index (Phi) is 7.26. The molecule has 0 bridgehead atoms. The summed E-state index contributed by atoms with van der Waals surface area (Å²) < 4.78 is 11.0. The molecular weight excluding hydrogens is 460 g/mol. The molecule has 0 saturated carbocycles. The van der Waals surface area contributed by atoms with Crippen LogP contribution in [0.25, 0.3) is 16.8 Å². The molecule has 0 aliphatic carbocycles. The number of ether oxygens (including phenoxy) is 2. The van der Waals surface area contributed by atoms with Crippen molar-refractivity contribution in [2.75, 3.05) is 14.2 Å². The van der Waals surface area contributed by atoms with Gasteiger partial charge in [0.2, 0.25) is 0 Å². The number of carbonyl (C=O) groups is 2. The highest BCUT2D eigenvalue weighted by Gasteiger charge is 2.40. The zero-order valence-corrected chi connectivity index (χ0v) is 20.3. The molecule has 4 rings (SSSR count). The molecule has 3 N–H and O–H groups in total. The van der Waals surface area contributed by atoms with Gasteiger partial charge in [0, 0.05) is 6.42 Å². The van der Waals surface area contributed by atoms with Gasteiger partial charge in [-0.1, -0.05) is 60.7 Å². The Morgan fingerprint density at radius 3 is 2.17 bits per heavy atom. The van der Waals surface area contributed by atoms with E-state index in [1.165, 1.54) is 0 Å². The molecule has 1 amide bonds. The van der Waals surface area contributed by atoms with Crippen molar-refractivity contribution in [3.05, 3.63) is 90.0 Å². The molecule has 8 nitrogen and oxygen atoms in total. The minimum atomic E-state index is -1.36. The summed E-state index contributed by atoms with van der Waals surface area (Å²) in [5.74, 6) is -0.359. The lowest BCUT2D eigenvalue weighted by molar-refractivity contribution is -0.148. The highest BCUT2D eigenvalue weighted by Crippen LogP contribution is 2.38. The van der Waals surface area contributed by atoms with E-state index in [2.05, 4.69) is 10.8 Å². The fourth-order valence-corrected chi connectivity index (χ4v) is 4.05. The Hall–Kier alpha value is -4.30. The summed E-state index contributed by atoms with van der Waals surface area (Å²) in [5, 5.41) is 12.4. The van der Waals surface area contributed by atoms with E-state index in [1.54, 1.807) is 27.2 Å². The van der Waals surface area contributed by atoms with Crippen LogP contribution in [-0.2, 0) is 20.8 Å². The van der Waals surface area contributed by atoms with E-state index >= 15 is 0 Å². The first-order valence-corrected chi connectivity index (χ1v) is 11.4. The average molecular weight is 489 g/mol. The van der Waals surface area contributed by atoms with Crippen LogP contribution in [-0.4, -0.2) is 42.8 Å². The number of carbonyl (C=O) groups excluding carboxylic acids is 1. The van der Waals surface area contributed by atoms with Crippen LogP contribution in [0.1, 0.15) is 18.1 Å². The van der Waals surface area contributed by atoms with Crippen molar-refractivity contribution in [2.24, 2.45) is 0 Å². The summed E-state index contributed by atoms with van der Waals surface area (Å²) in [4.78, 5) is 30.5. The first-order chi connectivity index (χ1) is 17.3. The van der Waals surface area contributed by atoms with Crippen molar-refractivity contribution < 1.29 is 29.0 Å². The largest absolute Gasteiger partial charge is 0.496 e. The first kappa shape index (κ1) is 24.8. The Morgan fingerprint density at radius 2 is 1.58 bits per heavy atom. The summed E-state index contributed by atoms with van der Waals surface area (Å²) >= 11 is 0. The van der Waals surface area contributed by atoms with Gasteiger partial charge in [-0.2, -0.15) is 0 Å². The number of carboxylic acid groups (broad SMARTS) is 1. The predicted molar refractivity (Wildman–Crippen MR) is 135 cm³/mol. The quantitative estimate of drug-likeness (QED) is 0.421. The molecule has 1 heterocycles. The van der Waals surface area contributed by atoms with E-state index < -0.39 is 23.5 Å². The number of hydrogen-bond donors (Lipinski definition) is 3. The van der Waals surface area contributed by atoms with Crippen LogP contribution in [0, 0.1) is 0 Å². The number of hydrogen-bond acceptors (Lipinski definition) is 6. The maximum atomic E-state index is 13.0.